The number of nitrogens with zero attached hydrogens (tertiary/aromatic N) is 1. The minimum Gasteiger partial charge on any atom is -0.481 e. The normalized spacial score (nSPS) is 19.2. The molecule has 0 saturated carbocycles. The van der Waals surface area contributed by atoms with Gasteiger partial charge in [0, 0.05) is 12.3 Å². The second kappa shape index (κ2) is 2.97. The molecule has 0 aliphatic carbocycles. The SMILES string of the molecule is COc1ccc(C2(N)COC2)cn1. The van der Waals surface area contributed by atoms with Crippen LogP contribution in [-0.4, -0.2) is 25.3 Å². The van der Waals surface area contributed by atoms with Crippen LogP contribution in [0.1, 0.15) is 5.56 Å². The summed E-state index contributed by atoms with van der Waals surface area (Å²) < 4.78 is 10.0. The van der Waals surface area contributed by atoms with E-state index in [-0.39, 0.29) is 5.54 Å². The molecule has 1 aromatic heterocycles. The Labute approximate surface area is 76.7 Å². The fourth-order valence-electron chi connectivity index (χ4n) is 1.28. The Morgan fingerprint density at radius 1 is 1.54 bits per heavy atom. The average molecular weight is 180 g/mol. The van der Waals surface area contributed by atoms with Gasteiger partial charge in [0.15, 0.2) is 0 Å². The van der Waals surface area contributed by atoms with Gasteiger partial charge in [0.25, 0.3) is 0 Å². The number of nitrogens with two attached hydrogens (primary N) is 1. The Morgan fingerprint density at radius 2 is 2.31 bits per heavy atom. The van der Waals surface area contributed by atoms with E-state index in [1.165, 1.54) is 0 Å². The number of methoxy groups -OCH3 is 1. The van der Waals surface area contributed by atoms with Gasteiger partial charge >= 0.3 is 0 Å². The maximum absolute atomic E-state index is 6.01. The molecule has 2 rings (SSSR count). The van der Waals surface area contributed by atoms with Crippen LogP contribution in [0.2, 0.25) is 0 Å². The van der Waals surface area contributed by atoms with Gasteiger partial charge < -0.3 is 15.2 Å². The average Bonchev–Trinajstić information content (AvgIpc) is 2.14. The summed E-state index contributed by atoms with van der Waals surface area (Å²) in [6.45, 7) is 1.14. The first-order valence-corrected chi connectivity index (χ1v) is 4.12. The highest BCUT2D eigenvalue weighted by molar-refractivity contribution is 5.26. The summed E-state index contributed by atoms with van der Waals surface area (Å²) in [6.07, 6.45) is 1.74. The summed E-state index contributed by atoms with van der Waals surface area (Å²) in [5.41, 5.74) is 6.68. The van der Waals surface area contributed by atoms with Crippen molar-refractivity contribution in [3.63, 3.8) is 0 Å². The molecule has 2 N–H and O–H groups in total. The lowest BCUT2D eigenvalue weighted by Gasteiger charge is -2.37. The smallest absolute Gasteiger partial charge is 0.212 e. The molecule has 0 amide bonds. The van der Waals surface area contributed by atoms with Crippen LogP contribution >= 0.6 is 0 Å². The fraction of sp³-hybridized carbons (Fsp3) is 0.444. The Hall–Kier alpha value is -1.13. The molecule has 1 aliphatic rings. The monoisotopic (exact) mass is 180 g/mol. The van der Waals surface area contributed by atoms with E-state index >= 15 is 0 Å². The maximum atomic E-state index is 6.01. The molecule has 0 radical (unpaired) electrons. The molecular formula is C9H12N2O2. The van der Waals surface area contributed by atoms with E-state index in [0.29, 0.717) is 19.1 Å². The van der Waals surface area contributed by atoms with Crippen molar-refractivity contribution in [3.8, 4) is 5.88 Å². The fourth-order valence-corrected chi connectivity index (χ4v) is 1.28. The molecule has 2 heterocycles. The molecule has 0 unspecified atom stereocenters. The summed E-state index contributed by atoms with van der Waals surface area (Å²) in [7, 11) is 1.59. The van der Waals surface area contributed by atoms with Gasteiger partial charge in [0.2, 0.25) is 5.88 Å². The third-order valence-corrected chi connectivity index (χ3v) is 2.24. The second-order valence-electron chi connectivity index (χ2n) is 3.24. The highest BCUT2D eigenvalue weighted by Gasteiger charge is 2.36. The van der Waals surface area contributed by atoms with Crippen molar-refractivity contribution in [2.24, 2.45) is 5.73 Å². The standard InChI is InChI=1S/C9H12N2O2/c1-12-8-3-2-7(4-11-8)9(10)5-13-6-9/h2-4H,5-6,10H2,1H3. The zero-order valence-corrected chi connectivity index (χ0v) is 7.49. The molecule has 1 fully saturated rings. The number of ether oxygens (including phenoxy) is 2. The Balaban J connectivity index is 2.22. The second-order valence-corrected chi connectivity index (χ2v) is 3.24. The molecule has 1 aliphatic heterocycles. The third kappa shape index (κ3) is 1.38. The van der Waals surface area contributed by atoms with Crippen molar-refractivity contribution < 1.29 is 9.47 Å². The Morgan fingerprint density at radius 3 is 2.69 bits per heavy atom. The van der Waals surface area contributed by atoms with Crippen molar-refractivity contribution >= 4 is 0 Å². The van der Waals surface area contributed by atoms with Crippen molar-refractivity contribution in [2.45, 2.75) is 5.54 Å². The first-order chi connectivity index (χ1) is 6.24. The zero-order valence-electron chi connectivity index (χ0n) is 7.49. The summed E-state index contributed by atoms with van der Waals surface area (Å²) in [5.74, 6) is 0.604. The number of pyridine rings is 1. The van der Waals surface area contributed by atoms with Crippen LogP contribution in [0.4, 0.5) is 0 Å². The zero-order chi connectivity index (χ0) is 9.31. The lowest BCUT2D eigenvalue weighted by Crippen LogP contribution is -2.54. The Kier molecular flexibility index (Phi) is 1.94. The van der Waals surface area contributed by atoms with E-state index in [0.717, 1.165) is 5.56 Å². The first kappa shape index (κ1) is 8.47. The predicted molar refractivity (Wildman–Crippen MR) is 47.5 cm³/mol. The number of hydrogen-bond acceptors (Lipinski definition) is 4. The van der Waals surface area contributed by atoms with Gasteiger partial charge in [0.05, 0.1) is 25.9 Å². The van der Waals surface area contributed by atoms with Crippen LogP contribution in [-0.2, 0) is 10.3 Å². The van der Waals surface area contributed by atoms with E-state index in [1.807, 2.05) is 12.1 Å². The third-order valence-electron chi connectivity index (χ3n) is 2.24. The summed E-state index contributed by atoms with van der Waals surface area (Å²) in [5, 5.41) is 0. The van der Waals surface area contributed by atoms with Crippen molar-refractivity contribution in [1.82, 2.24) is 4.98 Å². The van der Waals surface area contributed by atoms with Crippen LogP contribution < -0.4 is 10.5 Å². The van der Waals surface area contributed by atoms with Crippen molar-refractivity contribution in [1.29, 1.82) is 0 Å². The summed E-state index contributed by atoms with van der Waals surface area (Å²) in [4.78, 5) is 4.09. The molecular weight excluding hydrogens is 168 g/mol. The molecule has 0 bridgehead atoms. The molecule has 0 spiro atoms. The minimum atomic E-state index is -0.334. The van der Waals surface area contributed by atoms with Gasteiger partial charge in [-0.3, -0.25) is 0 Å². The molecule has 4 nitrogen and oxygen atoms in total. The first-order valence-electron chi connectivity index (χ1n) is 4.12. The van der Waals surface area contributed by atoms with Crippen LogP contribution in [0.15, 0.2) is 18.3 Å². The van der Waals surface area contributed by atoms with E-state index in [4.69, 9.17) is 15.2 Å². The van der Waals surface area contributed by atoms with Gasteiger partial charge in [-0.25, -0.2) is 4.98 Å². The topological polar surface area (TPSA) is 57.4 Å². The van der Waals surface area contributed by atoms with Gasteiger partial charge in [-0.2, -0.15) is 0 Å². The Bertz CT molecular complexity index is 293. The molecule has 0 aromatic carbocycles. The van der Waals surface area contributed by atoms with E-state index < -0.39 is 0 Å². The van der Waals surface area contributed by atoms with Gasteiger partial charge in [-0.1, -0.05) is 6.07 Å². The lowest BCUT2D eigenvalue weighted by atomic mass is 9.91. The number of hydrogen-bond donors (Lipinski definition) is 1. The molecule has 1 saturated heterocycles. The van der Waals surface area contributed by atoms with E-state index in [1.54, 1.807) is 13.3 Å². The van der Waals surface area contributed by atoms with Crippen LogP contribution in [0, 0.1) is 0 Å². The molecule has 4 heteroatoms. The van der Waals surface area contributed by atoms with Crippen LogP contribution in [0.3, 0.4) is 0 Å². The molecule has 13 heavy (non-hydrogen) atoms. The highest BCUT2D eigenvalue weighted by Crippen LogP contribution is 2.26. The molecule has 0 atom stereocenters. The van der Waals surface area contributed by atoms with Crippen LogP contribution in [0.25, 0.3) is 0 Å². The minimum absolute atomic E-state index is 0.334. The van der Waals surface area contributed by atoms with Crippen molar-refractivity contribution in [2.75, 3.05) is 20.3 Å². The van der Waals surface area contributed by atoms with Crippen molar-refractivity contribution in [3.05, 3.63) is 23.9 Å². The summed E-state index contributed by atoms with van der Waals surface area (Å²) in [6, 6.07) is 3.73. The highest BCUT2D eigenvalue weighted by atomic mass is 16.5. The van der Waals surface area contributed by atoms with E-state index in [2.05, 4.69) is 4.98 Å². The molecule has 1 aromatic rings. The quantitative estimate of drug-likeness (QED) is 0.710. The van der Waals surface area contributed by atoms with E-state index in [9.17, 15) is 0 Å². The van der Waals surface area contributed by atoms with Gasteiger partial charge in [0.1, 0.15) is 0 Å². The number of aromatic nitrogens is 1. The lowest BCUT2D eigenvalue weighted by molar-refractivity contribution is -0.0571. The predicted octanol–water partition coefficient (Wildman–Crippen LogP) is 0.274. The molecule has 70 valence electrons. The largest absolute Gasteiger partial charge is 0.481 e. The summed E-state index contributed by atoms with van der Waals surface area (Å²) >= 11 is 0. The van der Waals surface area contributed by atoms with Crippen LogP contribution in [0.5, 0.6) is 5.88 Å². The van der Waals surface area contributed by atoms with Gasteiger partial charge in [-0.15, -0.1) is 0 Å². The maximum Gasteiger partial charge on any atom is 0.212 e. The number of rotatable bonds is 2. The van der Waals surface area contributed by atoms with Gasteiger partial charge in [-0.05, 0) is 5.56 Å².